The Morgan fingerprint density at radius 2 is 2.00 bits per heavy atom. The van der Waals surface area contributed by atoms with Gasteiger partial charge in [0.25, 0.3) is 0 Å². The Bertz CT molecular complexity index is 361. The first-order valence-electron chi connectivity index (χ1n) is 4.84. The first-order chi connectivity index (χ1) is 6.61. The maximum absolute atomic E-state index is 13.3. The molecule has 0 radical (unpaired) electrons. The van der Waals surface area contributed by atoms with Gasteiger partial charge in [0.1, 0.15) is 0 Å². The third-order valence-corrected chi connectivity index (χ3v) is 2.71. The summed E-state index contributed by atoms with van der Waals surface area (Å²) < 4.78 is 26.2. The molecule has 0 aliphatic carbocycles. The van der Waals surface area contributed by atoms with Crippen molar-refractivity contribution in [3.63, 3.8) is 0 Å². The van der Waals surface area contributed by atoms with Gasteiger partial charge in [0.05, 0.1) is 0 Å². The summed E-state index contributed by atoms with van der Waals surface area (Å²) in [6.45, 7) is 4.89. The molecule has 0 unspecified atom stereocenters. The van der Waals surface area contributed by atoms with Crippen LogP contribution in [0.2, 0.25) is 0 Å². The number of benzene rings is 1. The van der Waals surface area contributed by atoms with E-state index in [9.17, 15) is 8.78 Å². The van der Waals surface area contributed by atoms with E-state index in [4.69, 9.17) is 0 Å². The molecule has 1 heterocycles. The summed E-state index contributed by atoms with van der Waals surface area (Å²) in [5.74, 6) is -1.42. The average molecular weight is 197 g/mol. The van der Waals surface area contributed by atoms with Gasteiger partial charge in [-0.25, -0.2) is 8.78 Å². The van der Waals surface area contributed by atoms with Crippen molar-refractivity contribution >= 4 is 5.69 Å². The lowest BCUT2D eigenvalue weighted by Crippen LogP contribution is -2.28. The third kappa shape index (κ3) is 1.27. The van der Waals surface area contributed by atoms with Crippen LogP contribution < -0.4 is 4.90 Å². The summed E-state index contributed by atoms with van der Waals surface area (Å²) in [7, 11) is 0. The Morgan fingerprint density at radius 3 is 2.64 bits per heavy atom. The molecule has 0 saturated carbocycles. The van der Waals surface area contributed by atoms with Crippen molar-refractivity contribution in [2.75, 3.05) is 11.4 Å². The molecule has 0 aromatic heterocycles. The van der Waals surface area contributed by atoms with Crippen LogP contribution in [0.3, 0.4) is 0 Å². The van der Waals surface area contributed by atoms with Crippen molar-refractivity contribution in [3.8, 4) is 0 Å². The quantitative estimate of drug-likeness (QED) is 0.669. The predicted octanol–water partition coefficient (Wildman–Crippen LogP) is 2.74. The van der Waals surface area contributed by atoms with Gasteiger partial charge in [-0.1, -0.05) is 0 Å². The Kier molecular flexibility index (Phi) is 2.17. The number of rotatable bonds is 1. The molecular formula is C11H13F2N. The van der Waals surface area contributed by atoms with E-state index in [1.54, 1.807) is 6.07 Å². The first-order valence-corrected chi connectivity index (χ1v) is 4.84. The summed E-state index contributed by atoms with van der Waals surface area (Å²) in [5.41, 5.74) is 1.37. The molecule has 0 fully saturated rings. The van der Waals surface area contributed by atoms with E-state index in [2.05, 4.69) is 18.7 Å². The number of hydrogen-bond acceptors (Lipinski definition) is 1. The Balaban J connectivity index is 2.48. The fourth-order valence-electron chi connectivity index (χ4n) is 1.98. The van der Waals surface area contributed by atoms with Gasteiger partial charge in [0.15, 0.2) is 11.6 Å². The van der Waals surface area contributed by atoms with Gasteiger partial charge in [-0.3, -0.25) is 0 Å². The van der Waals surface area contributed by atoms with E-state index >= 15 is 0 Å². The number of halogens is 2. The van der Waals surface area contributed by atoms with Gasteiger partial charge in [0.2, 0.25) is 0 Å². The van der Waals surface area contributed by atoms with Gasteiger partial charge in [-0.2, -0.15) is 0 Å². The lowest BCUT2D eigenvalue weighted by molar-refractivity contribution is 0.502. The molecule has 0 spiro atoms. The standard InChI is InChI=1S/C11H13F2N/c1-7(2)14-6-5-8-10(14)4-3-9(12)11(8)13/h3-4,7H,5-6H2,1-2H3. The molecule has 1 aliphatic heterocycles. The number of hydrogen-bond donors (Lipinski definition) is 0. The fraction of sp³-hybridized carbons (Fsp3) is 0.455. The second-order valence-corrected chi connectivity index (χ2v) is 3.90. The normalized spacial score (nSPS) is 15.1. The second-order valence-electron chi connectivity index (χ2n) is 3.90. The minimum absolute atomic E-state index is 0.334. The summed E-state index contributed by atoms with van der Waals surface area (Å²) in [6, 6.07) is 3.21. The molecule has 0 saturated heterocycles. The lowest BCUT2D eigenvalue weighted by Gasteiger charge is -2.23. The highest BCUT2D eigenvalue weighted by atomic mass is 19.2. The Hall–Kier alpha value is -1.12. The smallest absolute Gasteiger partial charge is 0.164 e. The zero-order valence-electron chi connectivity index (χ0n) is 8.35. The molecule has 76 valence electrons. The number of anilines is 1. The van der Waals surface area contributed by atoms with E-state index in [-0.39, 0.29) is 0 Å². The molecule has 1 aromatic rings. The molecule has 0 atom stereocenters. The molecular weight excluding hydrogens is 184 g/mol. The largest absolute Gasteiger partial charge is 0.368 e. The first kappa shape index (κ1) is 9.44. The fourth-order valence-corrected chi connectivity index (χ4v) is 1.98. The van der Waals surface area contributed by atoms with Gasteiger partial charge >= 0.3 is 0 Å². The summed E-state index contributed by atoms with van der Waals surface area (Å²) in [5, 5.41) is 0. The molecule has 0 bridgehead atoms. The summed E-state index contributed by atoms with van der Waals surface area (Å²) in [4.78, 5) is 2.10. The number of fused-ring (bicyclic) bond motifs is 1. The van der Waals surface area contributed by atoms with Crippen LogP contribution in [-0.2, 0) is 6.42 Å². The monoisotopic (exact) mass is 197 g/mol. The van der Waals surface area contributed by atoms with E-state index in [1.165, 1.54) is 6.07 Å². The van der Waals surface area contributed by atoms with Crippen LogP contribution in [0.15, 0.2) is 12.1 Å². The summed E-state index contributed by atoms with van der Waals surface area (Å²) >= 11 is 0. The molecule has 1 aromatic carbocycles. The van der Waals surface area contributed by atoms with Crippen LogP contribution >= 0.6 is 0 Å². The molecule has 0 amide bonds. The van der Waals surface area contributed by atoms with Crippen LogP contribution in [0.1, 0.15) is 19.4 Å². The molecule has 14 heavy (non-hydrogen) atoms. The van der Waals surface area contributed by atoms with Gasteiger partial charge in [-0.05, 0) is 32.4 Å². The topological polar surface area (TPSA) is 3.24 Å². The predicted molar refractivity (Wildman–Crippen MR) is 52.5 cm³/mol. The molecule has 3 heteroatoms. The zero-order valence-corrected chi connectivity index (χ0v) is 8.35. The Morgan fingerprint density at radius 1 is 1.29 bits per heavy atom. The second kappa shape index (κ2) is 3.23. The van der Waals surface area contributed by atoms with Crippen LogP contribution in [-0.4, -0.2) is 12.6 Å². The maximum Gasteiger partial charge on any atom is 0.164 e. The van der Waals surface area contributed by atoms with Gasteiger partial charge in [-0.15, -0.1) is 0 Å². The highest BCUT2D eigenvalue weighted by molar-refractivity contribution is 5.59. The highest BCUT2D eigenvalue weighted by Gasteiger charge is 2.25. The van der Waals surface area contributed by atoms with E-state index < -0.39 is 11.6 Å². The molecule has 1 nitrogen and oxygen atoms in total. The van der Waals surface area contributed by atoms with Crippen LogP contribution in [0, 0.1) is 11.6 Å². The molecule has 1 aliphatic rings. The van der Waals surface area contributed by atoms with Crippen molar-refractivity contribution < 1.29 is 8.78 Å². The molecule has 0 N–H and O–H groups in total. The maximum atomic E-state index is 13.3. The minimum Gasteiger partial charge on any atom is -0.368 e. The lowest BCUT2D eigenvalue weighted by atomic mass is 10.1. The van der Waals surface area contributed by atoms with Gasteiger partial charge in [0, 0.05) is 23.8 Å². The molecule has 2 rings (SSSR count). The van der Waals surface area contributed by atoms with Crippen molar-refractivity contribution in [2.24, 2.45) is 0 Å². The van der Waals surface area contributed by atoms with Crippen LogP contribution in [0.5, 0.6) is 0 Å². The van der Waals surface area contributed by atoms with E-state index in [0.29, 0.717) is 18.0 Å². The summed E-state index contributed by atoms with van der Waals surface area (Å²) in [6.07, 6.45) is 0.608. The zero-order chi connectivity index (χ0) is 10.3. The van der Waals surface area contributed by atoms with Crippen molar-refractivity contribution in [3.05, 3.63) is 29.3 Å². The van der Waals surface area contributed by atoms with E-state index in [1.807, 2.05) is 0 Å². The average Bonchev–Trinajstić information content (AvgIpc) is 2.55. The van der Waals surface area contributed by atoms with Crippen molar-refractivity contribution in [2.45, 2.75) is 26.3 Å². The van der Waals surface area contributed by atoms with Crippen molar-refractivity contribution in [1.29, 1.82) is 0 Å². The van der Waals surface area contributed by atoms with Crippen LogP contribution in [0.25, 0.3) is 0 Å². The highest BCUT2D eigenvalue weighted by Crippen LogP contribution is 2.32. The van der Waals surface area contributed by atoms with E-state index in [0.717, 1.165) is 12.2 Å². The SMILES string of the molecule is CC(C)N1CCc2c1ccc(F)c2F. The van der Waals surface area contributed by atoms with Crippen molar-refractivity contribution in [1.82, 2.24) is 0 Å². The number of nitrogens with zero attached hydrogens (tertiary/aromatic N) is 1. The van der Waals surface area contributed by atoms with Crippen LogP contribution in [0.4, 0.5) is 14.5 Å². The third-order valence-electron chi connectivity index (χ3n) is 2.71. The van der Waals surface area contributed by atoms with Gasteiger partial charge < -0.3 is 4.90 Å². The minimum atomic E-state index is -0.741. The Labute approximate surface area is 82.3 Å².